The predicted octanol–water partition coefficient (Wildman–Crippen LogP) is 1.39. The Morgan fingerprint density at radius 3 is 2.57 bits per heavy atom. The van der Waals surface area contributed by atoms with Crippen molar-refractivity contribution < 1.29 is 18.3 Å². The third kappa shape index (κ3) is 2.87. The van der Waals surface area contributed by atoms with Gasteiger partial charge in [-0.3, -0.25) is 0 Å². The van der Waals surface area contributed by atoms with Gasteiger partial charge in [0.25, 0.3) is 0 Å². The maximum Gasteiger partial charge on any atom is 0.243 e. The van der Waals surface area contributed by atoms with Gasteiger partial charge in [0.05, 0.1) is 10.9 Å². The summed E-state index contributed by atoms with van der Waals surface area (Å²) in [6, 6.07) is 4.07. The highest BCUT2D eigenvalue weighted by Crippen LogP contribution is 2.39. The highest BCUT2D eigenvalue weighted by molar-refractivity contribution is 7.89. The first kappa shape index (κ1) is 16.7. The highest BCUT2D eigenvalue weighted by Gasteiger charge is 2.41. The molecule has 3 rings (SSSR count). The second-order valence-corrected chi connectivity index (χ2v) is 8.78. The van der Waals surface area contributed by atoms with Crippen LogP contribution in [0.2, 0.25) is 0 Å². The van der Waals surface area contributed by atoms with E-state index in [2.05, 4.69) is 0 Å². The smallest absolute Gasteiger partial charge is 0.243 e. The number of fused-ring (bicyclic) bond motifs is 1. The molecule has 2 aliphatic rings. The number of benzene rings is 1. The van der Waals surface area contributed by atoms with E-state index < -0.39 is 27.8 Å². The van der Waals surface area contributed by atoms with Crippen LogP contribution in [0.4, 0.5) is 0 Å². The topological polar surface area (TPSA) is 92.9 Å². The van der Waals surface area contributed by atoms with Crippen LogP contribution >= 0.6 is 0 Å². The average Bonchev–Trinajstić information content (AvgIpc) is 2.53. The summed E-state index contributed by atoms with van der Waals surface area (Å²) < 4.78 is 32.8. The fourth-order valence-corrected chi connectivity index (χ4v) is 4.79. The van der Waals surface area contributed by atoms with Gasteiger partial charge in [-0.25, -0.2) is 8.42 Å². The number of piperidine rings is 1. The van der Waals surface area contributed by atoms with Gasteiger partial charge in [0.1, 0.15) is 17.5 Å². The molecule has 0 bridgehead atoms. The first-order valence-corrected chi connectivity index (χ1v) is 9.44. The zero-order valence-electron chi connectivity index (χ0n) is 13.5. The molecule has 0 unspecified atom stereocenters. The molecule has 7 heteroatoms. The van der Waals surface area contributed by atoms with Crippen molar-refractivity contribution in [3.63, 3.8) is 0 Å². The fourth-order valence-electron chi connectivity index (χ4n) is 3.24. The van der Waals surface area contributed by atoms with Gasteiger partial charge in [0, 0.05) is 18.7 Å². The van der Waals surface area contributed by atoms with Gasteiger partial charge < -0.3 is 15.6 Å². The fraction of sp³-hybridized carbons (Fsp3) is 0.625. The van der Waals surface area contributed by atoms with Crippen LogP contribution in [0.15, 0.2) is 23.1 Å². The summed E-state index contributed by atoms with van der Waals surface area (Å²) in [5.74, 6) is 0.533. The molecule has 2 heterocycles. The molecule has 0 amide bonds. The van der Waals surface area contributed by atoms with Crippen molar-refractivity contribution in [2.75, 3.05) is 13.1 Å². The molecule has 6 nitrogen and oxygen atoms in total. The lowest BCUT2D eigenvalue weighted by atomic mass is 9.87. The van der Waals surface area contributed by atoms with E-state index >= 15 is 0 Å². The minimum atomic E-state index is -3.52. The van der Waals surface area contributed by atoms with E-state index in [4.69, 9.17) is 10.5 Å². The van der Waals surface area contributed by atoms with Gasteiger partial charge in [-0.05, 0) is 44.9 Å². The van der Waals surface area contributed by atoms with Crippen LogP contribution in [0.25, 0.3) is 0 Å². The molecule has 1 aromatic carbocycles. The molecule has 2 aliphatic heterocycles. The number of hydrogen-bond acceptors (Lipinski definition) is 5. The Bertz CT molecular complexity index is 696. The number of nitrogens with zero attached hydrogens (tertiary/aromatic N) is 1. The van der Waals surface area contributed by atoms with Crippen LogP contribution in [-0.4, -0.2) is 42.6 Å². The van der Waals surface area contributed by atoms with E-state index in [1.807, 2.05) is 0 Å². The molecular weight excluding hydrogens is 316 g/mol. The Labute approximate surface area is 137 Å². The number of aliphatic hydroxyl groups is 1. The molecule has 2 atom stereocenters. The lowest BCUT2D eigenvalue weighted by molar-refractivity contribution is -0.0572. The molecule has 0 aliphatic carbocycles. The van der Waals surface area contributed by atoms with E-state index in [0.29, 0.717) is 24.4 Å². The van der Waals surface area contributed by atoms with E-state index in [9.17, 15) is 13.5 Å². The van der Waals surface area contributed by atoms with E-state index in [1.165, 1.54) is 4.31 Å². The summed E-state index contributed by atoms with van der Waals surface area (Å²) >= 11 is 0. The molecule has 0 aromatic heterocycles. The second kappa shape index (κ2) is 5.73. The summed E-state index contributed by atoms with van der Waals surface area (Å²) in [6.45, 7) is 4.63. The minimum Gasteiger partial charge on any atom is -0.485 e. The van der Waals surface area contributed by atoms with Gasteiger partial charge in [-0.1, -0.05) is 6.42 Å². The summed E-state index contributed by atoms with van der Waals surface area (Å²) in [6.07, 6.45) is 1.94. The van der Waals surface area contributed by atoms with Crippen LogP contribution in [0.3, 0.4) is 0 Å². The molecule has 1 aromatic rings. The molecule has 128 valence electrons. The largest absolute Gasteiger partial charge is 0.485 e. The summed E-state index contributed by atoms with van der Waals surface area (Å²) in [4.78, 5) is 0.212. The maximum absolute atomic E-state index is 12.8. The third-order valence-corrected chi connectivity index (χ3v) is 6.61. The number of nitrogens with two attached hydrogens (primary N) is 1. The van der Waals surface area contributed by atoms with Crippen molar-refractivity contribution in [1.29, 1.82) is 0 Å². The van der Waals surface area contributed by atoms with Gasteiger partial charge in [0.2, 0.25) is 10.0 Å². The zero-order chi connectivity index (χ0) is 16.8. The summed E-state index contributed by atoms with van der Waals surface area (Å²) in [5.41, 5.74) is 5.85. The van der Waals surface area contributed by atoms with Crippen molar-refractivity contribution in [2.24, 2.45) is 5.73 Å². The minimum absolute atomic E-state index is 0.212. The van der Waals surface area contributed by atoms with Crippen molar-refractivity contribution in [2.45, 2.75) is 55.8 Å². The quantitative estimate of drug-likeness (QED) is 0.849. The molecule has 23 heavy (non-hydrogen) atoms. The Kier molecular flexibility index (Phi) is 4.16. The predicted molar refractivity (Wildman–Crippen MR) is 86.7 cm³/mol. The molecule has 3 N–H and O–H groups in total. The average molecular weight is 340 g/mol. The SMILES string of the molecule is CC1(C)Oc2ccc(S(=O)(=O)N3CCCCC3)cc2[C@@H](N)[C@@H]1O. The lowest BCUT2D eigenvalue weighted by Gasteiger charge is -2.40. The van der Waals surface area contributed by atoms with Crippen LogP contribution in [0.5, 0.6) is 5.75 Å². The van der Waals surface area contributed by atoms with E-state index in [1.54, 1.807) is 32.0 Å². The first-order chi connectivity index (χ1) is 10.7. The van der Waals surface area contributed by atoms with Crippen molar-refractivity contribution in [1.82, 2.24) is 4.31 Å². The Balaban J connectivity index is 1.98. The van der Waals surface area contributed by atoms with Crippen LogP contribution in [0.1, 0.15) is 44.7 Å². The third-order valence-electron chi connectivity index (χ3n) is 4.72. The molecule has 1 fully saturated rings. The number of sulfonamides is 1. The molecule has 1 saturated heterocycles. The van der Waals surface area contributed by atoms with Gasteiger partial charge in [-0.2, -0.15) is 4.31 Å². The summed E-state index contributed by atoms with van der Waals surface area (Å²) in [5, 5.41) is 10.3. The van der Waals surface area contributed by atoms with Crippen molar-refractivity contribution in [3.8, 4) is 5.75 Å². The standard InChI is InChI=1S/C16H24N2O4S/c1-16(2)15(19)14(17)12-10-11(6-7-13(12)22-16)23(20,21)18-8-4-3-5-9-18/h6-7,10,14-15,19H,3-5,8-9,17H2,1-2H3/t14-,15+/m1/s1. The molecule has 0 saturated carbocycles. The van der Waals surface area contributed by atoms with Crippen molar-refractivity contribution >= 4 is 10.0 Å². The van der Waals surface area contributed by atoms with Gasteiger partial charge in [-0.15, -0.1) is 0 Å². The van der Waals surface area contributed by atoms with E-state index in [-0.39, 0.29) is 4.90 Å². The van der Waals surface area contributed by atoms with Crippen molar-refractivity contribution in [3.05, 3.63) is 23.8 Å². The summed E-state index contributed by atoms with van der Waals surface area (Å²) in [7, 11) is -3.52. The Morgan fingerprint density at radius 1 is 1.26 bits per heavy atom. The monoisotopic (exact) mass is 340 g/mol. The van der Waals surface area contributed by atoms with Crippen LogP contribution in [-0.2, 0) is 10.0 Å². The normalized spacial score (nSPS) is 28.0. The second-order valence-electron chi connectivity index (χ2n) is 6.84. The number of rotatable bonds is 2. The van der Waals surface area contributed by atoms with Crippen LogP contribution < -0.4 is 10.5 Å². The zero-order valence-corrected chi connectivity index (χ0v) is 14.3. The molecule has 0 radical (unpaired) electrons. The van der Waals surface area contributed by atoms with Gasteiger partial charge in [0.15, 0.2) is 0 Å². The van der Waals surface area contributed by atoms with Crippen LogP contribution in [0, 0.1) is 0 Å². The Morgan fingerprint density at radius 2 is 1.91 bits per heavy atom. The van der Waals surface area contributed by atoms with Gasteiger partial charge >= 0.3 is 0 Å². The maximum atomic E-state index is 12.8. The number of aliphatic hydroxyl groups excluding tert-OH is 1. The molecule has 0 spiro atoms. The number of hydrogen-bond donors (Lipinski definition) is 2. The van der Waals surface area contributed by atoms with E-state index in [0.717, 1.165) is 19.3 Å². The Hall–Kier alpha value is -1.15. The first-order valence-electron chi connectivity index (χ1n) is 8.00. The number of ether oxygens (including phenoxy) is 1. The lowest BCUT2D eigenvalue weighted by Crippen LogP contribution is -2.51. The highest BCUT2D eigenvalue weighted by atomic mass is 32.2. The molecular formula is C16H24N2O4S.